The molecule has 0 N–H and O–H groups in total. The highest BCUT2D eigenvalue weighted by Crippen LogP contribution is 2.48. The molecule has 0 bridgehead atoms. The molecule has 1 aliphatic carbocycles. The van der Waals surface area contributed by atoms with E-state index in [1.807, 2.05) is 0 Å². The first-order valence-corrected chi connectivity index (χ1v) is 17.2. The summed E-state index contributed by atoms with van der Waals surface area (Å²) in [6.07, 6.45) is 17.7. The van der Waals surface area contributed by atoms with E-state index in [9.17, 15) is 4.79 Å². The molecule has 0 fully saturated rings. The SMILES string of the molecule is CCCCC[N+]1=C(/C=C/C2=C(Cl)C(=C/C=C3/N(CCCCOC=O)c4ccccc4C3(C)C)/CCC2)C(C)(C)c2ccccc21. The van der Waals surface area contributed by atoms with E-state index < -0.39 is 0 Å². The molecule has 0 amide bonds. The lowest BCUT2D eigenvalue weighted by Gasteiger charge is -2.27. The van der Waals surface area contributed by atoms with Crippen molar-refractivity contribution in [2.45, 2.75) is 96.8 Å². The number of carbonyl (C=O) groups is 1. The van der Waals surface area contributed by atoms with Gasteiger partial charge in [-0.1, -0.05) is 87.3 Å². The Hall–Kier alpha value is -3.37. The molecule has 0 unspecified atom stereocenters. The lowest BCUT2D eigenvalue weighted by Crippen LogP contribution is -2.28. The van der Waals surface area contributed by atoms with Gasteiger partial charge in [0.1, 0.15) is 6.54 Å². The Morgan fingerprint density at radius 3 is 2.42 bits per heavy atom. The van der Waals surface area contributed by atoms with Gasteiger partial charge in [0, 0.05) is 52.5 Å². The first-order valence-electron chi connectivity index (χ1n) is 16.9. The van der Waals surface area contributed by atoms with Crippen molar-refractivity contribution in [2.75, 3.05) is 24.6 Å². The fourth-order valence-corrected chi connectivity index (χ4v) is 7.67. The van der Waals surface area contributed by atoms with Crippen LogP contribution in [0.2, 0.25) is 0 Å². The summed E-state index contributed by atoms with van der Waals surface area (Å²) in [7, 11) is 0. The largest absolute Gasteiger partial charge is 0.468 e. The normalized spacial score (nSPS) is 20.4. The van der Waals surface area contributed by atoms with Crippen LogP contribution in [-0.4, -0.2) is 36.5 Å². The Morgan fingerprint density at radius 1 is 0.889 bits per heavy atom. The average molecular weight is 626 g/mol. The quantitative estimate of drug-likeness (QED) is 0.126. The van der Waals surface area contributed by atoms with Crippen LogP contribution >= 0.6 is 11.6 Å². The van der Waals surface area contributed by atoms with Gasteiger partial charge in [-0.3, -0.25) is 4.79 Å². The van der Waals surface area contributed by atoms with Crippen LogP contribution in [0.25, 0.3) is 0 Å². The topological polar surface area (TPSA) is 32.5 Å². The van der Waals surface area contributed by atoms with Crippen LogP contribution in [0, 0.1) is 0 Å². The summed E-state index contributed by atoms with van der Waals surface area (Å²) in [5, 5.41) is 0.895. The Labute approximate surface area is 275 Å². The molecular formula is C40H50ClN2O2+. The van der Waals surface area contributed by atoms with Gasteiger partial charge < -0.3 is 9.64 Å². The maximum Gasteiger partial charge on any atom is 0.293 e. The van der Waals surface area contributed by atoms with Crippen LogP contribution < -0.4 is 4.90 Å². The molecule has 2 aliphatic heterocycles. The minimum absolute atomic E-state index is 0.0595. The molecule has 3 aliphatic rings. The number of hydrogen-bond acceptors (Lipinski definition) is 3. The zero-order chi connectivity index (χ0) is 32.0. The molecule has 4 nitrogen and oxygen atoms in total. The van der Waals surface area contributed by atoms with Gasteiger partial charge in [-0.15, -0.1) is 0 Å². The third-order valence-corrected chi connectivity index (χ3v) is 10.4. The number of hydrogen-bond donors (Lipinski definition) is 0. The number of benzene rings is 2. The molecule has 238 valence electrons. The van der Waals surface area contributed by atoms with Gasteiger partial charge >= 0.3 is 0 Å². The Kier molecular flexibility index (Phi) is 10.5. The van der Waals surface area contributed by atoms with Crippen LogP contribution in [-0.2, 0) is 20.4 Å². The minimum atomic E-state index is -0.124. The van der Waals surface area contributed by atoms with Gasteiger partial charge in [0.05, 0.1) is 12.0 Å². The maximum absolute atomic E-state index is 10.6. The predicted octanol–water partition coefficient (Wildman–Crippen LogP) is 10.0. The highest BCUT2D eigenvalue weighted by atomic mass is 35.5. The molecule has 0 aromatic heterocycles. The van der Waals surface area contributed by atoms with Crippen LogP contribution in [0.3, 0.4) is 0 Å². The molecule has 0 atom stereocenters. The van der Waals surface area contributed by atoms with E-state index in [1.165, 1.54) is 64.3 Å². The molecule has 0 radical (unpaired) electrons. The second-order valence-corrected chi connectivity index (χ2v) is 14.0. The molecule has 5 heteroatoms. The number of carbonyl (C=O) groups excluding carboxylic acids is 1. The maximum atomic E-state index is 10.6. The fourth-order valence-electron chi connectivity index (χ4n) is 7.35. The lowest BCUT2D eigenvalue weighted by atomic mass is 9.81. The van der Waals surface area contributed by atoms with Gasteiger partial charge in [-0.05, 0) is 81.2 Å². The number of nitrogens with zero attached hydrogens (tertiary/aromatic N) is 2. The summed E-state index contributed by atoms with van der Waals surface area (Å²) in [4.78, 5) is 13.0. The number of ether oxygens (including phenoxy) is 1. The van der Waals surface area contributed by atoms with E-state index in [-0.39, 0.29) is 10.8 Å². The molecule has 2 aromatic carbocycles. The van der Waals surface area contributed by atoms with Crippen molar-refractivity contribution >= 4 is 35.2 Å². The Bertz CT molecular complexity index is 1560. The van der Waals surface area contributed by atoms with Gasteiger partial charge in [-0.2, -0.15) is 4.58 Å². The van der Waals surface area contributed by atoms with Crippen LogP contribution in [0.4, 0.5) is 11.4 Å². The van der Waals surface area contributed by atoms with Crippen molar-refractivity contribution in [1.82, 2.24) is 0 Å². The van der Waals surface area contributed by atoms with E-state index in [0.717, 1.165) is 50.2 Å². The third-order valence-electron chi connectivity index (χ3n) is 9.89. The van der Waals surface area contributed by atoms with Crippen molar-refractivity contribution in [3.8, 4) is 0 Å². The van der Waals surface area contributed by atoms with E-state index in [1.54, 1.807) is 0 Å². The molecular weight excluding hydrogens is 576 g/mol. The monoisotopic (exact) mass is 625 g/mol. The second-order valence-electron chi connectivity index (χ2n) is 13.6. The number of halogens is 1. The van der Waals surface area contributed by atoms with Gasteiger partial charge in [0.15, 0.2) is 5.71 Å². The number of fused-ring (bicyclic) bond motifs is 2. The van der Waals surface area contributed by atoms with Crippen molar-refractivity contribution in [3.05, 3.63) is 106 Å². The van der Waals surface area contributed by atoms with E-state index in [4.69, 9.17) is 16.3 Å². The molecule has 5 rings (SSSR count). The first-order chi connectivity index (χ1) is 21.7. The Morgan fingerprint density at radius 2 is 1.64 bits per heavy atom. The smallest absolute Gasteiger partial charge is 0.293 e. The van der Waals surface area contributed by atoms with Gasteiger partial charge in [0.25, 0.3) is 6.47 Å². The Balaban J connectivity index is 1.44. The molecule has 0 saturated carbocycles. The molecule has 45 heavy (non-hydrogen) atoms. The number of anilines is 1. The third kappa shape index (κ3) is 6.77. The zero-order valence-corrected chi connectivity index (χ0v) is 28.6. The minimum Gasteiger partial charge on any atom is -0.468 e. The van der Waals surface area contributed by atoms with Crippen molar-refractivity contribution in [1.29, 1.82) is 0 Å². The van der Waals surface area contributed by atoms with E-state index in [0.29, 0.717) is 13.1 Å². The highest BCUT2D eigenvalue weighted by Gasteiger charge is 2.44. The van der Waals surface area contributed by atoms with E-state index in [2.05, 4.69) is 117 Å². The van der Waals surface area contributed by atoms with Crippen molar-refractivity contribution in [3.63, 3.8) is 0 Å². The van der Waals surface area contributed by atoms with Crippen molar-refractivity contribution < 1.29 is 14.1 Å². The molecule has 2 aromatic rings. The number of allylic oxidation sites excluding steroid dienone is 8. The van der Waals surface area contributed by atoms with Crippen molar-refractivity contribution in [2.24, 2.45) is 0 Å². The highest BCUT2D eigenvalue weighted by molar-refractivity contribution is 6.32. The predicted molar refractivity (Wildman–Crippen MR) is 189 cm³/mol. The summed E-state index contributed by atoms with van der Waals surface area (Å²) < 4.78 is 7.48. The van der Waals surface area contributed by atoms with Crippen LogP contribution in [0.15, 0.2) is 94.7 Å². The number of unbranched alkanes of at least 4 members (excludes halogenated alkanes) is 3. The summed E-state index contributed by atoms with van der Waals surface area (Å²) in [5.41, 5.74) is 10.2. The lowest BCUT2D eigenvalue weighted by molar-refractivity contribution is -0.438. The molecule has 0 saturated heterocycles. The summed E-state index contributed by atoms with van der Waals surface area (Å²) >= 11 is 7.20. The summed E-state index contributed by atoms with van der Waals surface area (Å²) in [5.74, 6) is 0. The van der Waals surface area contributed by atoms with Gasteiger partial charge in [0.2, 0.25) is 5.69 Å². The number of rotatable bonds is 13. The van der Waals surface area contributed by atoms with E-state index >= 15 is 0 Å². The second kappa shape index (κ2) is 14.4. The number of para-hydroxylation sites is 2. The fraction of sp³-hybridized carbons (Fsp3) is 0.450. The summed E-state index contributed by atoms with van der Waals surface area (Å²) in [6.45, 7) is 14.5. The summed E-state index contributed by atoms with van der Waals surface area (Å²) in [6, 6.07) is 17.6. The molecule has 0 spiro atoms. The first kappa shape index (κ1) is 33.0. The van der Waals surface area contributed by atoms with Gasteiger partial charge in [-0.25, -0.2) is 0 Å². The average Bonchev–Trinajstić information content (AvgIpc) is 3.38. The molecule has 2 heterocycles. The standard InChI is InChI=1S/C40H50ClN2O2/c1-6-7-12-26-42-34-20-10-8-18-32(34)39(2,3)36(42)24-22-30-16-15-17-31(38(30)41)23-25-37-40(4,5)33-19-9-11-21-35(33)43(37)27-13-14-28-45-29-44/h8-11,18-25,29H,6-7,12-17,26-28H2,1-5H3/q+1. The van der Waals surface area contributed by atoms with Crippen LogP contribution in [0.1, 0.15) is 97.1 Å². The zero-order valence-electron chi connectivity index (χ0n) is 27.9. The van der Waals surface area contributed by atoms with Crippen LogP contribution in [0.5, 0.6) is 0 Å².